The van der Waals surface area contributed by atoms with Crippen molar-refractivity contribution in [3.63, 3.8) is 0 Å². The van der Waals surface area contributed by atoms with Crippen LogP contribution in [0.15, 0.2) is 41.5 Å². The molecule has 184 valence electrons. The van der Waals surface area contributed by atoms with E-state index in [2.05, 4.69) is 17.1 Å². The van der Waals surface area contributed by atoms with Gasteiger partial charge in [0.25, 0.3) is 0 Å². The molecule has 33 heavy (non-hydrogen) atoms. The minimum absolute atomic E-state index is 0.00899. The average molecular weight is 461 g/mol. The van der Waals surface area contributed by atoms with Crippen LogP contribution in [0.4, 0.5) is 0 Å². The Bertz CT molecular complexity index is 850. The first kappa shape index (κ1) is 25.5. The van der Waals surface area contributed by atoms with Crippen LogP contribution in [-0.4, -0.2) is 76.3 Å². The van der Waals surface area contributed by atoms with Crippen LogP contribution >= 0.6 is 0 Å². The molecule has 1 aromatic carbocycles. The number of nitrogens with one attached hydrogen (secondary N) is 1. The summed E-state index contributed by atoms with van der Waals surface area (Å²) in [5.41, 5.74) is 0.863. The fourth-order valence-corrected chi connectivity index (χ4v) is 4.51. The first-order chi connectivity index (χ1) is 16.2. The molecule has 8 nitrogen and oxygen atoms in total. The van der Waals surface area contributed by atoms with Crippen LogP contribution < -0.4 is 15.7 Å². The topological polar surface area (TPSA) is 91.9 Å². The third-order valence-electron chi connectivity index (χ3n) is 6.47. The van der Waals surface area contributed by atoms with Crippen LogP contribution in [0.1, 0.15) is 51.5 Å². The summed E-state index contributed by atoms with van der Waals surface area (Å²) >= 11 is 0. The minimum Gasteiger partial charge on any atom is -0.494 e. The molecule has 1 aliphatic rings. The van der Waals surface area contributed by atoms with Gasteiger partial charge in [0, 0.05) is 50.7 Å². The van der Waals surface area contributed by atoms with Crippen molar-refractivity contribution in [1.29, 1.82) is 0 Å². The summed E-state index contributed by atoms with van der Waals surface area (Å²) in [6.07, 6.45) is 9.93. The summed E-state index contributed by atoms with van der Waals surface area (Å²) < 4.78 is 9.31. The molecule has 0 radical (unpaired) electrons. The van der Waals surface area contributed by atoms with Crippen molar-refractivity contribution in [2.24, 2.45) is 0 Å². The lowest BCUT2D eigenvalue weighted by Crippen LogP contribution is -2.41. The maximum Gasteiger partial charge on any atom is 0.332 e. The number of benzene rings is 1. The smallest absolute Gasteiger partial charge is 0.332 e. The van der Waals surface area contributed by atoms with E-state index in [0.717, 1.165) is 63.1 Å². The van der Waals surface area contributed by atoms with E-state index < -0.39 is 0 Å². The van der Waals surface area contributed by atoms with Crippen LogP contribution in [0.2, 0.25) is 0 Å². The van der Waals surface area contributed by atoms with Crippen molar-refractivity contribution in [2.75, 3.05) is 46.0 Å². The lowest BCUT2D eigenvalue weighted by molar-refractivity contribution is 0.159. The van der Waals surface area contributed by atoms with Crippen molar-refractivity contribution in [2.45, 2.75) is 57.5 Å². The fourth-order valence-electron chi connectivity index (χ4n) is 4.51. The molecule has 3 N–H and O–H groups in total. The number of aliphatic hydroxyl groups excluding tert-OH is 2. The number of hydrogen-bond acceptors (Lipinski definition) is 6. The molecule has 1 heterocycles. The Morgan fingerprint density at radius 3 is 2.36 bits per heavy atom. The molecule has 0 saturated heterocycles. The van der Waals surface area contributed by atoms with Gasteiger partial charge in [0.05, 0.1) is 25.5 Å². The first-order valence-corrected chi connectivity index (χ1v) is 12.4. The zero-order valence-corrected chi connectivity index (χ0v) is 19.9. The van der Waals surface area contributed by atoms with Crippen molar-refractivity contribution >= 4 is 0 Å². The molecule has 0 amide bonds. The number of imidazole rings is 1. The highest BCUT2D eigenvalue weighted by molar-refractivity contribution is 5.37. The third-order valence-corrected chi connectivity index (χ3v) is 6.47. The summed E-state index contributed by atoms with van der Waals surface area (Å²) in [5.74, 6) is 0.835. The molecule has 8 heteroatoms. The van der Waals surface area contributed by atoms with Crippen LogP contribution in [-0.2, 0) is 0 Å². The van der Waals surface area contributed by atoms with Gasteiger partial charge in [-0.05, 0) is 56.4 Å². The molecular weight excluding hydrogens is 420 g/mol. The van der Waals surface area contributed by atoms with Crippen molar-refractivity contribution in [3.8, 4) is 11.4 Å². The van der Waals surface area contributed by atoms with Gasteiger partial charge >= 0.3 is 5.69 Å². The van der Waals surface area contributed by atoms with Gasteiger partial charge in [0.2, 0.25) is 0 Å². The minimum atomic E-state index is 0.00899. The zero-order chi connectivity index (χ0) is 23.5. The molecule has 0 bridgehead atoms. The Hall–Kier alpha value is -2.13. The predicted molar refractivity (Wildman–Crippen MR) is 130 cm³/mol. The van der Waals surface area contributed by atoms with Crippen molar-refractivity contribution < 1.29 is 14.9 Å². The summed E-state index contributed by atoms with van der Waals surface area (Å²) in [5, 5.41) is 21.8. The summed E-state index contributed by atoms with van der Waals surface area (Å²) in [6, 6.07) is 8.40. The molecule has 1 aromatic heterocycles. The third kappa shape index (κ3) is 7.43. The van der Waals surface area contributed by atoms with E-state index in [1.807, 2.05) is 41.2 Å². The normalized spacial score (nSPS) is 18.7. The maximum absolute atomic E-state index is 13.0. The van der Waals surface area contributed by atoms with E-state index in [1.54, 1.807) is 4.57 Å². The molecule has 0 spiro atoms. The molecule has 3 rings (SSSR count). The fraction of sp³-hybridized carbons (Fsp3) is 0.640. The Balaban J connectivity index is 1.49. The summed E-state index contributed by atoms with van der Waals surface area (Å²) in [4.78, 5) is 15.1. The summed E-state index contributed by atoms with van der Waals surface area (Å²) in [6.45, 7) is 5.89. The first-order valence-electron chi connectivity index (χ1n) is 12.4. The van der Waals surface area contributed by atoms with Gasteiger partial charge in [-0.1, -0.05) is 13.3 Å². The summed E-state index contributed by atoms with van der Waals surface area (Å²) in [7, 11) is 0. The van der Waals surface area contributed by atoms with E-state index in [0.29, 0.717) is 25.7 Å². The number of aliphatic hydroxyl groups is 2. The van der Waals surface area contributed by atoms with Crippen LogP contribution in [0.25, 0.3) is 5.69 Å². The second kappa shape index (κ2) is 13.5. The van der Waals surface area contributed by atoms with Gasteiger partial charge in [-0.25, -0.2) is 4.79 Å². The van der Waals surface area contributed by atoms with Crippen LogP contribution in [0.5, 0.6) is 5.75 Å². The monoisotopic (exact) mass is 460 g/mol. The van der Waals surface area contributed by atoms with E-state index >= 15 is 0 Å². The van der Waals surface area contributed by atoms with Gasteiger partial charge in [-0.2, -0.15) is 0 Å². The lowest BCUT2D eigenvalue weighted by Gasteiger charge is -2.30. The quantitative estimate of drug-likeness (QED) is 0.374. The van der Waals surface area contributed by atoms with Gasteiger partial charge < -0.3 is 20.3 Å². The second-order valence-corrected chi connectivity index (χ2v) is 8.80. The molecule has 1 saturated carbocycles. The highest BCUT2D eigenvalue weighted by atomic mass is 16.5. The largest absolute Gasteiger partial charge is 0.494 e. The zero-order valence-electron chi connectivity index (χ0n) is 19.9. The molecule has 1 fully saturated rings. The molecular formula is C25H40N4O4. The van der Waals surface area contributed by atoms with Gasteiger partial charge in [0.15, 0.2) is 0 Å². The maximum atomic E-state index is 13.0. The Morgan fingerprint density at radius 1 is 1.03 bits per heavy atom. The van der Waals surface area contributed by atoms with E-state index in [4.69, 9.17) is 14.9 Å². The Morgan fingerprint density at radius 2 is 1.73 bits per heavy atom. The van der Waals surface area contributed by atoms with Crippen LogP contribution in [0, 0.1) is 0 Å². The molecule has 0 atom stereocenters. The molecule has 2 aromatic rings. The van der Waals surface area contributed by atoms with Gasteiger partial charge in [0.1, 0.15) is 5.75 Å². The number of rotatable bonds is 14. The SMILES string of the molecule is CCCCOc1ccc(-n2ccn(C3CCC(NCCN(CCO)CCO)CC3)c2=O)cc1. The lowest BCUT2D eigenvalue weighted by atomic mass is 9.91. The standard InChI is InChI=1S/C25H40N4O4/c1-2-3-20-33-24-10-8-23(9-11-24)29-15-14-28(25(29)32)22-6-4-21(5-7-22)26-12-13-27(16-18-30)17-19-31/h8-11,14-15,21-22,26,30-31H,2-7,12-13,16-20H2,1H3. The van der Waals surface area contributed by atoms with E-state index in [-0.39, 0.29) is 24.9 Å². The molecule has 0 aliphatic heterocycles. The molecule has 1 aliphatic carbocycles. The van der Waals surface area contributed by atoms with Crippen molar-refractivity contribution in [1.82, 2.24) is 19.4 Å². The molecule has 0 unspecified atom stereocenters. The predicted octanol–water partition coefficient (Wildman–Crippen LogP) is 2.18. The average Bonchev–Trinajstić information content (AvgIpc) is 3.22. The Labute approximate surface area is 196 Å². The van der Waals surface area contributed by atoms with Crippen LogP contribution in [0.3, 0.4) is 0 Å². The van der Waals surface area contributed by atoms with Gasteiger partial charge in [-0.3, -0.25) is 14.0 Å². The highest BCUT2D eigenvalue weighted by Gasteiger charge is 2.24. The second-order valence-electron chi connectivity index (χ2n) is 8.80. The van der Waals surface area contributed by atoms with Crippen molar-refractivity contribution in [3.05, 3.63) is 47.1 Å². The number of ether oxygens (including phenoxy) is 1. The van der Waals surface area contributed by atoms with Gasteiger partial charge in [-0.15, -0.1) is 0 Å². The van der Waals surface area contributed by atoms with E-state index in [9.17, 15) is 4.79 Å². The number of aromatic nitrogens is 2. The number of nitrogens with zero attached hydrogens (tertiary/aromatic N) is 3. The highest BCUT2D eigenvalue weighted by Crippen LogP contribution is 2.27. The number of unbranched alkanes of at least 4 members (excludes halogenated alkanes) is 1. The number of hydrogen-bond donors (Lipinski definition) is 3. The van der Waals surface area contributed by atoms with E-state index in [1.165, 1.54) is 0 Å². The Kier molecular flexibility index (Phi) is 10.5.